The molecule has 4 rings (SSSR count). The van der Waals surface area contributed by atoms with E-state index < -0.39 is 23.3 Å². The number of halogens is 4. The lowest BCUT2D eigenvalue weighted by Gasteiger charge is -2.26. The van der Waals surface area contributed by atoms with Gasteiger partial charge in [0.1, 0.15) is 11.6 Å². The van der Waals surface area contributed by atoms with Crippen molar-refractivity contribution in [2.75, 3.05) is 0 Å². The minimum atomic E-state index is -0.876. The van der Waals surface area contributed by atoms with E-state index in [-0.39, 0.29) is 17.0 Å². The van der Waals surface area contributed by atoms with Gasteiger partial charge in [0.25, 0.3) is 0 Å². The lowest BCUT2D eigenvalue weighted by atomic mass is 9.78. The zero-order valence-electron chi connectivity index (χ0n) is 17.7. The summed E-state index contributed by atoms with van der Waals surface area (Å²) >= 11 is 0. The average Bonchev–Trinajstić information content (AvgIpc) is 2.75. The highest BCUT2D eigenvalue weighted by Gasteiger charge is 2.26. The van der Waals surface area contributed by atoms with Gasteiger partial charge in [0, 0.05) is 11.1 Å². The molecule has 3 aromatic rings. The molecule has 0 saturated carbocycles. The van der Waals surface area contributed by atoms with E-state index in [9.17, 15) is 17.6 Å². The van der Waals surface area contributed by atoms with Crippen LogP contribution in [-0.4, -0.2) is 0 Å². The third kappa shape index (κ3) is 4.53. The first-order chi connectivity index (χ1) is 15.0. The summed E-state index contributed by atoms with van der Waals surface area (Å²) in [5, 5.41) is 0. The summed E-state index contributed by atoms with van der Waals surface area (Å²) in [7, 11) is 0. The molecule has 0 radical (unpaired) electrons. The molecule has 0 bridgehead atoms. The van der Waals surface area contributed by atoms with Crippen LogP contribution in [0.2, 0.25) is 0 Å². The Labute approximate surface area is 180 Å². The summed E-state index contributed by atoms with van der Waals surface area (Å²) in [6, 6.07) is 12.6. The van der Waals surface area contributed by atoms with Gasteiger partial charge in [0.2, 0.25) is 0 Å². The molecular weight excluding hydrogens is 400 g/mol. The molecular formula is C27H26F4. The summed E-state index contributed by atoms with van der Waals surface area (Å²) in [5.41, 5.74) is 3.75. The molecule has 0 amide bonds. The van der Waals surface area contributed by atoms with Crippen molar-refractivity contribution < 1.29 is 17.6 Å². The average molecular weight is 426 g/mol. The van der Waals surface area contributed by atoms with Crippen molar-refractivity contribution in [2.45, 2.75) is 57.8 Å². The van der Waals surface area contributed by atoms with Crippen LogP contribution in [-0.2, 0) is 19.3 Å². The predicted octanol–water partition coefficient (Wildman–Crippen LogP) is 7.92. The van der Waals surface area contributed by atoms with E-state index in [2.05, 4.69) is 6.92 Å². The van der Waals surface area contributed by atoms with Crippen LogP contribution < -0.4 is 0 Å². The SMILES string of the molecule is CCCCCc1cc(F)c(C2CCc3cc(-c4cccc(F)c4F)ccc3C2)c(F)c1. The Balaban J connectivity index is 1.56. The second-order valence-electron chi connectivity index (χ2n) is 8.45. The maximum atomic E-state index is 14.8. The topological polar surface area (TPSA) is 0 Å². The quantitative estimate of drug-likeness (QED) is 0.277. The Kier molecular flexibility index (Phi) is 6.45. The number of aryl methyl sites for hydroxylation is 2. The Morgan fingerprint density at radius 2 is 1.61 bits per heavy atom. The number of hydrogen-bond acceptors (Lipinski definition) is 0. The van der Waals surface area contributed by atoms with Crippen molar-refractivity contribution in [1.29, 1.82) is 0 Å². The van der Waals surface area contributed by atoms with Gasteiger partial charge < -0.3 is 0 Å². The van der Waals surface area contributed by atoms with Gasteiger partial charge in [-0.2, -0.15) is 0 Å². The van der Waals surface area contributed by atoms with Crippen molar-refractivity contribution in [3.63, 3.8) is 0 Å². The van der Waals surface area contributed by atoms with Crippen LogP contribution in [0.15, 0.2) is 48.5 Å². The van der Waals surface area contributed by atoms with Crippen LogP contribution in [0.3, 0.4) is 0 Å². The van der Waals surface area contributed by atoms with Gasteiger partial charge in [-0.3, -0.25) is 0 Å². The van der Waals surface area contributed by atoms with E-state index in [0.717, 1.165) is 36.5 Å². The molecule has 1 aliphatic carbocycles. The molecule has 3 aromatic carbocycles. The Bertz CT molecular complexity index is 1060. The molecule has 0 aromatic heterocycles. The number of unbranched alkanes of at least 4 members (excludes halogenated alkanes) is 2. The number of benzene rings is 3. The molecule has 31 heavy (non-hydrogen) atoms. The normalized spacial score (nSPS) is 15.7. The van der Waals surface area contributed by atoms with Gasteiger partial charge in [-0.1, -0.05) is 50.1 Å². The third-order valence-corrected chi connectivity index (χ3v) is 6.31. The fourth-order valence-electron chi connectivity index (χ4n) is 4.65. The zero-order valence-corrected chi connectivity index (χ0v) is 17.7. The second kappa shape index (κ2) is 9.25. The molecule has 0 saturated heterocycles. The molecule has 0 fully saturated rings. The first kappa shape index (κ1) is 21.6. The molecule has 0 heterocycles. The van der Waals surface area contributed by atoms with E-state index in [4.69, 9.17) is 0 Å². The summed E-state index contributed by atoms with van der Waals surface area (Å²) in [6.07, 6.45) is 5.52. The van der Waals surface area contributed by atoms with E-state index in [1.54, 1.807) is 12.1 Å². The van der Waals surface area contributed by atoms with Crippen molar-refractivity contribution in [1.82, 2.24) is 0 Å². The maximum absolute atomic E-state index is 14.8. The van der Waals surface area contributed by atoms with Crippen molar-refractivity contribution >= 4 is 0 Å². The Morgan fingerprint density at radius 3 is 2.35 bits per heavy atom. The highest BCUT2D eigenvalue weighted by molar-refractivity contribution is 5.66. The molecule has 1 unspecified atom stereocenters. The van der Waals surface area contributed by atoms with Gasteiger partial charge in [-0.05, 0) is 78.5 Å². The molecule has 0 aliphatic heterocycles. The summed E-state index contributed by atoms with van der Waals surface area (Å²) < 4.78 is 57.4. The fraction of sp³-hybridized carbons (Fsp3) is 0.333. The second-order valence-corrected chi connectivity index (χ2v) is 8.45. The lowest BCUT2D eigenvalue weighted by molar-refractivity contribution is 0.489. The Hall–Kier alpha value is -2.62. The van der Waals surface area contributed by atoms with Gasteiger partial charge in [0.05, 0.1) is 0 Å². The van der Waals surface area contributed by atoms with Gasteiger partial charge in [0.15, 0.2) is 11.6 Å². The first-order valence-corrected chi connectivity index (χ1v) is 11.0. The Morgan fingerprint density at radius 1 is 0.839 bits per heavy atom. The van der Waals surface area contributed by atoms with Crippen LogP contribution in [0.5, 0.6) is 0 Å². The number of fused-ring (bicyclic) bond motifs is 1. The van der Waals surface area contributed by atoms with Crippen molar-refractivity contribution in [3.8, 4) is 11.1 Å². The van der Waals surface area contributed by atoms with Crippen molar-refractivity contribution in [3.05, 3.63) is 94.1 Å². The van der Waals surface area contributed by atoms with E-state index in [1.165, 1.54) is 18.2 Å². The monoisotopic (exact) mass is 426 g/mol. The third-order valence-electron chi connectivity index (χ3n) is 6.31. The fourth-order valence-corrected chi connectivity index (χ4v) is 4.65. The highest BCUT2D eigenvalue weighted by atomic mass is 19.2. The molecule has 1 atom stereocenters. The van der Waals surface area contributed by atoms with E-state index in [0.29, 0.717) is 36.8 Å². The molecule has 1 aliphatic rings. The maximum Gasteiger partial charge on any atom is 0.166 e. The van der Waals surface area contributed by atoms with Gasteiger partial charge in [-0.25, -0.2) is 17.6 Å². The summed E-state index contributed by atoms with van der Waals surface area (Å²) in [5.74, 6) is -2.88. The van der Waals surface area contributed by atoms with Gasteiger partial charge >= 0.3 is 0 Å². The molecule has 0 N–H and O–H groups in total. The van der Waals surface area contributed by atoms with E-state index in [1.807, 2.05) is 12.1 Å². The highest BCUT2D eigenvalue weighted by Crippen LogP contribution is 2.37. The molecule has 4 heteroatoms. The standard InChI is InChI=1S/C27H26F4/c1-2-3-4-6-17-13-24(29)26(25(30)14-17)21-12-10-18-15-20(11-9-19(18)16-21)22-7-5-8-23(28)27(22)31/h5,7-9,11,13-15,21H,2-4,6,10,12,16H2,1H3. The van der Waals surface area contributed by atoms with Crippen LogP contribution in [0.1, 0.15) is 60.8 Å². The lowest BCUT2D eigenvalue weighted by Crippen LogP contribution is -2.16. The minimum absolute atomic E-state index is 0.171. The summed E-state index contributed by atoms with van der Waals surface area (Å²) in [6.45, 7) is 2.10. The van der Waals surface area contributed by atoms with E-state index >= 15 is 0 Å². The molecule has 0 nitrogen and oxygen atoms in total. The van der Waals surface area contributed by atoms with Crippen LogP contribution in [0.4, 0.5) is 17.6 Å². The van der Waals surface area contributed by atoms with Crippen LogP contribution in [0, 0.1) is 23.3 Å². The van der Waals surface area contributed by atoms with Crippen LogP contribution in [0.25, 0.3) is 11.1 Å². The molecule has 0 spiro atoms. The van der Waals surface area contributed by atoms with Crippen LogP contribution >= 0.6 is 0 Å². The first-order valence-electron chi connectivity index (χ1n) is 11.0. The summed E-state index contributed by atoms with van der Waals surface area (Å²) in [4.78, 5) is 0. The molecule has 162 valence electrons. The number of hydrogen-bond donors (Lipinski definition) is 0. The number of rotatable bonds is 6. The smallest absolute Gasteiger partial charge is 0.166 e. The zero-order chi connectivity index (χ0) is 22.0. The largest absolute Gasteiger partial charge is 0.207 e. The van der Waals surface area contributed by atoms with Gasteiger partial charge in [-0.15, -0.1) is 0 Å². The predicted molar refractivity (Wildman–Crippen MR) is 116 cm³/mol. The minimum Gasteiger partial charge on any atom is -0.207 e. The van der Waals surface area contributed by atoms with Crippen molar-refractivity contribution in [2.24, 2.45) is 0 Å².